The first-order chi connectivity index (χ1) is 9.49. The van der Waals surface area contributed by atoms with E-state index in [-0.39, 0.29) is 11.9 Å². The predicted molar refractivity (Wildman–Crippen MR) is 78.5 cm³/mol. The third-order valence-electron chi connectivity index (χ3n) is 2.63. The zero-order valence-corrected chi connectivity index (χ0v) is 12.9. The molecule has 1 aromatic rings. The minimum Gasteiger partial charge on any atom is -0.437 e. The first-order valence-corrected chi connectivity index (χ1v) is 7.25. The van der Waals surface area contributed by atoms with Crippen LogP contribution in [0.2, 0.25) is 0 Å². The van der Waals surface area contributed by atoms with E-state index in [4.69, 9.17) is 4.74 Å². The van der Waals surface area contributed by atoms with Crippen molar-refractivity contribution in [1.82, 2.24) is 5.32 Å². The summed E-state index contributed by atoms with van der Waals surface area (Å²) in [7, 11) is 1.23. The number of carbonyl (C=O) groups is 2. The van der Waals surface area contributed by atoms with Gasteiger partial charge in [-0.15, -0.1) is 11.3 Å². The number of amides is 1. The molecule has 1 unspecified atom stereocenters. The number of rotatable bonds is 6. The number of hydrogen-bond donors (Lipinski definition) is 2. The van der Waals surface area contributed by atoms with Crippen molar-refractivity contribution in [3.63, 3.8) is 0 Å². The van der Waals surface area contributed by atoms with Crippen LogP contribution in [0.5, 0.6) is 5.06 Å². The van der Waals surface area contributed by atoms with Gasteiger partial charge in [-0.3, -0.25) is 4.79 Å². The molecule has 6 nitrogen and oxygen atoms in total. The molecule has 112 valence electrons. The van der Waals surface area contributed by atoms with Crippen LogP contribution in [0.15, 0.2) is 5.38 Å². The highest BCUT2D eigenvalue weighted by Gasteiger charge is 2.19. The maximum Gasteiger partial charge on any atom is 0.514 e. The molecule has 0 aromatic carbocycles. The van der Waals surface area contributed by atoms with Gasteiger partial charge in [0.05, 0.1) is 18.8 Å². The minimum absolute atomic E-state index is 0.172. The lowest BCUT2D eigenvalue weighted by Crippen LogP contribution is -2.38. The summed E-state index contributed by atoms with van der Waals surface area (Å²) in [5.74, 6) is -0.172. The number of carbonyl (C=O) groups excluding carboxylic acids is 2. The molecule has 0 saturated carbocycles. The smallest absolute Gasteiger partial charge is 0.437 e. The minimum atomic E-state index is -0.806. The molecule has 2 N–H and O–H groups in total. The molecular formula is C13H20N2O4S. The summed E-state index contributed by atoms with van der Waals surface area (Å²) in [4.78, 5) is 23.2. The lowest BCUT2D eigenvalue weighted by Gasteiger charge is -2.14. The van der Waals surface area contributed by atoms with Crippen LogP contribution in [-0.2, 0) is 9.53 Å². The lowest BCUT2D eigenvalue weighted by molar-refractivity contribution is -0.117. The van der Waals surface area contributed by atoms with Crippen molar-refractivity contribution in [2.24, 2.45) is 0 Å². The fraction of sp³-hybridized carbons (Fsp3) is 0.538. The Kier molecular flexibility index (Phi) is 6.47. The van der Waals surface area contributed by atoms with E-state index < -0.39 is 6.16 Å². The van der Waals surface area contributed by atoms with Crippen molar-refractivity contribution >= 4 is 29.1 Å². The van der Waals surface area contributed by atoms with Gasteiger partial charge in [-0.2, -0.15) is 0 Å². The van der Waals surface area contributed by atoms with E-state index in [2.05, 4.69) is 15.4 Å². The Morgan fingerprint density at radius 1 is 1.45 bits per heavy atom. The van der Waals surface area contributed by atoms with Crippen molar-refractivity contribution in [3.05, 3.63) is 10.9 Å². The van der Waals surface area contributed by atoms with Crippen molar-refractivity contribution in [2.45, 2.75) is 33.2 Å². The Hall–Kier alpha value is -1.60. The summed E-state index contributed by atoms with van der Waals surface area (Å²) in [6.45, 7) is 6.42. The second kappa shape index (κ2) is 7.86. The molecule has 7 heteroatoms. The van der Waals surface area contributed by atoms with Gasteiger partial charge in [0.25, 0.3) is 0 Å². The largest absolute Gasteiger partial charge is 0.514 e. The maximum atomic E-state index is 12.0. The van der Waals surface area contributed by atoms with Gasteiger partial charge in [0, 0.05) is 0 Å². The molecule has 0 radical (unpaired) electrons. The second-order valence-corrected chi connectivity index (χ2v) is 5.14. The quantitative estimate of drug-likeness (QED) is 0.789. The van der Waals surface area contributed by atoms with E-state index in [0.717, 1.165) is 18.5 Å². The molecule has 1 atom stereocenters. The number of methoxy groups -OCH3 is 1. The third-order valence-corrected chi connectivity index (χ3v) is 3.60. The first kappa shape index (κ1) is 16.5. The molecule has 0 bridgehead atoms. The molecule has 0 aliphatic rings. The molecule has 1 heterocycles. The van der Waals surface area contributed by atoms with Gasteiger partial charge >= 0.3 is 6.16 Å². The fourth-order valence-electron chi connectivity index (χ4n) is 1.45. The lowest BCUT2D eigenvalue weighted by atomic mass is 10.2. The topological polar surface area (TPSA) is 76.7 Å². The van der Waals surface area contributed by atoms with Gasteiger partial charge in [-0.05, 0) is 37.8 Å². The van der Waals surface area contributed by atoms with Crippen LogP contribution >= 0.6 is 11.3 Å². The van der Waals surface area contributed by atoms with E-state index >= 15 is 0 Å². The van der Waals surface area contributed by atoms with Crippen LogP contribution in [0.25, 0.3) is 0 Å². The van der Waals surface area contributed by atoms with Gasteiger partial charge in [0.1, 0.15) is 0 Å². The Bertz CT molecular complexity index is 473. The number of aryl methyl sites for hydroxylation is 1. The zero-order valence-electron chi connectivity index (χ0n) is 12.1. The summed E-state index contributed by atoms with van der Waals surface area (Å²) in [6, 6.07) is -0.319. The molecule has 0 spiro atoms. The van der Waals surface area contributed by atoms with E-state index in [0.29, 0.717) is 10.8 Å². The van der Waals surface area contributed by atoms with Gasteiger partial charge in [0.15, 0.2) is 0 Å². The molecule has 20 heavy (non-hydrogen) atoms. The molecule has 0 aliphatic carbocycles. The standard InChI is InChI=1S/C13H20N2O4S/c1-5-6-14-9(3)11(16)15-10-8(2)7-20-12(10)19-13(17)18-4/h7,9,14H,5-6H2,1-4H3,(H,15,16). The van der Waals surface area contributed by atoms with E-state index in [1.807, 2.05) is 13.8 Å². The average Bonchev–Trinajstić information content (AvgIpc) is 2.77. The monoisotopic (exact) mass is 300 g/mol. The third kappa shape index (κ3) is 4.50. The fourth-order valence-corrected chi connectivity index (χ4v) is 2.30. The highest BCUT2D eigenvalue weighted by atomic mass is 32.1. The summed E-state index contributed by atoms with van der Waals surface area (Å²) < 4.78 is 9.44. The average molecular weight is 300 g/mol. The van der Waals surface area contributed by atoms with Crippen LogP contribution in [-0.4, -0.2) is 31.8 Å². The molecule has 1 rings (SSSR count). The van der Waals surface area contributed by atoms with Gasteiger partial charge in [-0.1, -0.05) is 6.92 Å². The highest BCUT2D eigenvalue weighted by molar-refractivity contribution is 7.12. The predicted octanol–water partition coefficient (Wildman–Crippen LogP) is 2.53. The van der Waals surface area contributed by atoms with E-state index in [1.54, 1.807) is 12.3 Å². The van der Waals surface area contributed by atoms with Crippen LogP contribution in [0.1, 0.15) is 25.8 Å². The van der Waals surface area contributed by atoms with Crippen LogP contribution < -0.4 is 15.4 Å². The zero-order chi connectivity index (χ0) is 15.1. The first-order valence-electron chi connectivity index (χ1n) is 6.37. The number of ether oxygens (including phenoxy) is 2. The van der Waals surface area contributed by atoms with E-state index in [9.17, 15) is 9.59 Å². The van der Waals surface area contributed by atoms with Gasteiger partial charge < -0.3 is 20.1 Å². The van der Waals surface area contributed by atoms with Crippen molar-refractivity contribution in [1.29, 1.82) is 0 Å². The molecular weight excluding hydrogens is 280 g/mol. The Balaban J connectivity index is 2.73. The van der Waals surface area contributed by atoms with Crippen molar-refractivity contribution in [3.8, 4) is 5.06 Å². The second-order valence-electron chi connectivity index (χ2n) is 4.30. The van der Waals surface area contributed by atoms with Crippen LogP contribution in [0, 0.1) is 6.92 Å². The Morgan fingerprint density at radius 3 is 2.75 bits per heavy atom. The van der Waals surface area contributed by atoms with Crippen molar-refractivity contribution < 1.29 is 19.1 Å². The molecule has 1 amide bonds. The number of thiophene rings is 1. The van der Waals surface area contributed by atoms with Crippen LogP contribution in [0.3, 0.4) is 0 Å². The van der Waals surface area contributed by atoms with Gasteiger partial charge in [0.2, 0.25) is 11.0 Å². The van der Waals surface area contributed by atoms with Crippen molar-refractivity contribution in [2.75, 3.05) is 19.0 Å². The number of nitrogens with one attached hydrogen (secondary N) is 2. The molecule has 0 aliphatic heterocycles. The molecule has 0 fully saturated rings. The summed E-state index contributed by atoms with van der Waals surface area (Å²) >= 11 is 1.23. The Morgan fingerprint density at radius 2 is 2.15 bits per heavy atom. The summed E-state index contributed by atoms with van der Waals surface area (Å²) in [5, 5.41) is 8.00. The number of hydrogen-bond acceptors (Lipinski definition) is 6. The van der Waals surface area contributed by atoms with Gasteiger partial charge in [-0.25, -0.2) is 4.79 Å². The highest BCUT2D eigenvalue weighted by Crippen LogP contribution is 2.35. The Labute approximate surface area is 122 Å². The normalized spacial score (nSPS) is 11.8. The van der Waals surface area contributed by atoms with Crippen LogP contribution in [0.4, 0.5) is 10.5 Å². The number of anilines is 1. The summed E-state index contributed by atoms with van der Waals surface area (Å²) in [6.07, 6.45) is 0.144. The SMILES string of the molecule is CCCNC(C)C(=O)Nc1c(C)csc1OC(=O)OC. The summed E-state index contributed by atoms with van der Waals surface area (Å²) in [5.41, 5.74) is 1.35. The molecule has 1 aromatic heterocycles. The van der Waals surface area contributed by atoms with E-state index in [1.165, 1.54) is 18.4 Å². The molecule has 0 saturated heterocycles. The maximum absolute atomic E-state index is 12.0.